The Kier molecular flexibility index (Phi) is 5.18. The highest BCUT2D eigenvalue weighted by atomic mass is 19.1. The third-order valence-corrected chi connectivity index (χ3v) is 5.04. The van der Waals surface area contributed by atoms with Crippen molar-refractivity contribution in [3.05, 3.63) is 47.0 Å². The molecule has 3 rings (SSSR count). The summed E-state index contributed by atoms with van der Waals surface area (Å²) in [5.74, 6) is -0.423. The fourth-order valence-electron chi connectivity index (χ4n) is 3.41. The molecule has 0 N–H and O–H groups in total. The Morgan fingerprint density at radius 1 is 1.44 bits per heavy atom. The Morgan fingerprint density at radius 2 is 2.24 bits per heavy atom. The molecular formula is C19H24FN3O2. The fourth-order valence-corrected chi connectivity index (χ4v) is 3.41. The van der Waals surface area contributed by atoms with Crippen molar-refractivity contribution in [1.29, 1.82) is 0 Å². The maximum atomic E-state index is 13.9. The number of aryl methyl sites for hydroxylation is 1. The van der Waals surface area contributed by atoms with Gasteiger partial charge in [0.2, 0.25) is 0 Å². The molecule has 0 spiro atoms. The molecular weight excluding hydrogens is 321 g/mol. The third-order valence-electron chi connectivity index (χ3n) is 5.04. The van der Waals surface area contributed by atoms with Gasteiger partial charge in [-0.3, -0.25) is 14.4 Å². The van der Waals surface area contributed by atoms with Crippen LogP contribution >= 0.6 is 0 Å². The van der Waals surface area contributed by atoms with Gasteiger partial charge in [0, 0.05) is 42.9 Å². The molecule has 0 amide bonds. The number of halogens is 1. The predicted octanol–water partition coefficient (Wildman–Crippen LogP) is 2.97. The molecule has 1 saturated heterocycles. The topological polar surface area (TPSA) is 47.4 Å². The molecule has 1 fully saturated rings. The average Bonchev–Trinajstić information content (AvgIpc) is 2.93. The van der Waals surface area contributed by atoms with Crippen molar-refractivity contribution >= 4 is 5.78 Å². The molecule has 1 aliphatic heterocycles. The minimum atomic E-state index is -0.494. The predicted molar refractivity (Wildman–Crippen MR) is 93.2 cm³/mol. The zero-order chi connectivity index (χ0) is 18.0. The second-order valence-electron chi connectivity index (χ2n) is 6.67. The van der Waals surface area contributed by atoms with Crippen LogP contribution in [0.25, 0.3) is 0 Å². The molecule has 1 aromatic heterocycles. The van der Waals surface area contributed by atoms with Gasteiger partial charge in [-0.25, -0.2) is 4.39 Å². The smallest absolute Gasteiger partial charge is 0.167 e. The van der Waals surface area contributed by atoms with Gasteiger partial charge in [0.15, 0.2) is 17.3 Å². The molecule has 2 heterocycles. The Hall–Kier alpha value is -2.21. The van der Waals surface area contributed by atoms with Gasteiger partial charge in [-0.05, 0) is 44.5 Å². The van der Waals surface area contributed by atoms with E-state index in [-0.39, 0.29) is 17.5 Å². The molecule has 0 bridgehead atoms. The van der Waals surface area contributed by atoms with Crippen molar-refractivity contribution in [2.45, 2.75) is 26.3 Å². The van der Waals surface area contributed by atoms with E-state index < -0.39 is 5.82 Å². The Labute approximate surface area is 147 Å². The van der Waals surface area contributed by atoms with Crippen LogP contribution < -0.4 is 4.74 Å². The van der Waals surface area contributed by atoms with Crippen molar-refractivity contribution < 1.29 is 13.9 Å². The van der Waals surface area contributed by atoms with E-state index in [0.717, 1.165) is 31.6 Å². The van der Waals surface area contributed by atoms with Crippen LogP contribution in [0.1, 0.15) is 34.5 Å². The number of ketones is 1. The van der Waals surface area contributed by atoms with Crippen LogP contribution in [0.3, 0.4) is 0 Å². The number of carbonyl (C=O) groups is 1. The normalized spacial score (nSPS) is 18.3. The van der Waals surface area contributed by atoms with Gasteiger partial charge in [-0.2, -0.15) is 5.10 Å². The summed E-state index contributed by atoms with van der Waals surface area (Å²) in [6, 6.07) is 4.45. The quantitative estimate of drug-likeness (QED) is 0.782. The average molecular weight is 345 g/mol. The van der Waals surface area contributed by atoms with Crippen LogP contribution in [0.4, 0.5) is 4.39 Å². The summed E-state index contributed by atoms with van der Waals surface area (Å²) in [5, 5.41) is 4.28. The number of rotatable bonds is 5. The lowest BCUT2D eigenvalue weighted by molar-refractivity contribution is 0.0811. The summed E-state index contributed by atoms with van der Waals surface area (Å²) >= 11 is 0. The summed E-state index contributed by atoms with van der Waals surface area (Å²) in [5.41, 5.74) is 2.75. The van der Waals surface area contributed by atoms with E-state index in [9.17, 15) is 9.18 Å². The summed E-state index contributed by atoms with van der Waals surface area (Å²) in [6.07, 6.45) is 3.70. The van der Waals surface area contributed by atoms with Crippen LogP contribution in [0, 0.1) is 18.7 Å². The number of methoxy groups -OCH3 is 1. The highest BCUT2D eigenvalue weighted by Crippen LogP contribution is 2.25. The molecule has 25 heavy (non-hydrogen) atoms. The minimum absolute atomic E-state index is 0.00848. The van der Waals surface area contributed by atoms with Gasteiger partial charge < -0.3 is 4.74 Å². The minimum Gasteiger partial charge on any atom is -0.494 e. The van der Waals surface area contributed by atoms with Crippen LogP contribution in [0.2, 0.25) is 0 Å². The number of nitrogens with zero attached hydrogens (tertiary/aromatic N) is 3. The van der Waals surface area contributed by atoms with Crippen molar-refractivity contribution in [2.24, 2.45) is 13.0 Å². The van der Waals surface area contributed by atoms with Gasteiger partial charge in [0.05, 0.1) is 13.3 Å². The van der Waals surface area contributed by atoms with Crippen LogP contribution in [-0.2, 0) is 13.6 Å². The summed E-state index contributed by atoms with van der Waals surface area (Å²) < 4.78 is 20.7. The molecule has 1 aliphatic rings. The van der Waals surface area contributed by atoms with Crippen molar-refractivity contribution in [1.82, 2.24) is 14.7 Å². The monoisotopic (exact) mass is 345 g/mol. The van der Waals surface area contributed by atoms with Crippen LogP contribution in [0.5, 0.6) is 5.75 Å². The standard InChI is InChI=1S/C19H24FN3O2/c1-13-16(10-21-22(13)2)12-23-8-4-5-15(11-23)19(24)14-6-7-18(25-3)17(20)9-14/h6-7,9-10,15H,4-5,8,11-12H2,1-3H3/t15-/m0/s1. The number of likely N-dealkylation sites (tertiary alicyclic amines) is 1. The van der Waals surface area contributed by atoms with E-state index in [1.165, 1.54) is 24.8 Å². The third kappa shape index (κ3) is 3.74. The van der Waals surface area contributed by atoms with Gasteiger partial charge in [0.1, 0.15) is 0 Å². The van der Waals surface area contributed by atoms with Gasteiger partial charge in [0.25, 0.3) is 0 Å². The molecule has 1 atom stereocenters. The molecule has 0 unspecified atom stereocenters. The number of ether oxygens (including phenoxy) is 1. The van der Waals surface area contributed by atoms with Crippen molar-refractivity contribution in [3.63, 3.8) is 0 Å². The fraction of sp³-hybridized carbons (Fsp3) is 0.474. The van der Waals surface area contributed by atoms with E-state index in [0.29, 0.717) is 12.1 Å². The number of Topliss-reactive ketones (excluding diaryl/α,β-unsaturated/α-hetero) is 1. The van der Waals surface area contributed by atoms with Crippen molar-refractivity contribution in [2.75, 3.05) is 20.2 Å². The number of benzene rings is 1. The van der Waals surface area contributed by atoms with E-state index in [2.05, 4.69) is 16.9 Å². The first-order valence-electron chi connectivity index (χ1n) is 8.57. The van der Waals surface area contributed by atoms with Crippen LogP contribution in [-0.4, -0.2) is 40.7 Å². The van der Waals surface area contributed by atoms with E-state index in [1.54, 1.807) is 6.07 Å². The first-order chi connectivity index (χ1) is 12.0. The molecule has 5 nitrogen and oxygen atoms in total. The lowest BCUT2D eigenvalue weighted by Crippen LogP contribution is -2.38. The van der Waals surface area contributed by atoms with E-state index in [1.807, 2.05) is 17.9 Å². The largest absolute Gasteiger partial charge is 0.494 e. The number of carbonyl (C=O) groups excluding carboxylic acids is 1. The highest BCUT2D eigenvalue weighted by molar-refractivity contribution is 5.98. The molecule has 1 aromatic carbocycles. The lowest BCUT2D eigenvalue weighted by atomic mass is 9.89. The lowest BCUT2D eigenvalue weighted by Gasteiger charge is -2.32. The Bertz CT molecular complexity index is 772. The van der Waals surface area contributed by atoms with Gasteiger partial charge in [-0.1, -0.05) is 0 Å². The van der Waals surface area contributed by atoms with Crippen LogP contribution in [0.15, 0.2) is 24.4 Å². The number of piperidine rings is 1. The maximum absolute atomic E-state index is 13.9. The van der Waals surface area contributed by atoms with Crippen molar-refractivity contribution in [3.8, 4) is 5.75 Å². The van der Waals surface area contributed by atoms with E-state index >= 15 is 0 Å². The number of aromatic nitrogens is 2. The molecule has 134 valence electrons. The second kappa shape index (κ2) is 7.35. The molecule has 0 saturated carbocycles. The maximum Gasteiger partial charge on any atom is 0.167 e. The Balaban J connectivity index is 1.69. The molecule has 2 aromatic rings. The van der Waals surface area contributed by atoms with Gasteiger partial charge in [-0.15, -0.1) is 0 Å². The SMILES string of the molecule is COc1ccc(C(=O)[C@H]2CCCN(Cc3cnn(C)c3C)C2)cc1F. The first kappa shape index (κ1) is 17.6. The molecule has 6 heteroatoms. The zero-order valence-electron chi connectivity index (χ0n) is 15.0. The highest BCUT2D eigenvalue weighted by Gasteiger charge is 2.27. The number of hydrogen-bond donors (Lipinski definition) is 0. The summed E-state index contributed by atoms with van der Waals surface area (Å²) in [7, 11) is 3.35. The second-order valence-corrected chi connectivity index (χ2v) is 6.67. The van der Waals surface area contributed by atoms with E-state index in [4.69, 9.17) is 4.74 Å². The van der Waals surface area contributed by atoms with Gasteiger partial charge >= 0.3 is 0 Å². The number of hydrogen-bond acceptors (Lipinski definition) is 4. The summed E-state index contributed by atoms with van der Waals surface area (Å²) in [6.45, 7) is 4.51. The Morgan fingerprint density at radius 3 is 2.88 bits per heavy atom. The molecule has 0 radical (unpaired) electrons. The molecule has 0 aliphatic carbocycles. The zero-order valence-corrected chi connectivity index (χ0v) is 15.0. The summed E-state index contributed by atoms with van der Waals surface area (Å²) in [4.78, 5) is 15.1. The first-order valence-corrected chi connectivity index (χ1v) is 8.57.